The highest BCUT2D eigenvalue weighted by Crippen LogP contribution is 2.31. The van der Waals surface area contributed by atoms with Crippen molar-refractivity contribution in [1.82, 2.24) is 9.78 Å². The van der Waals surface area contributed by atoms with E-state index in [4.69, 9.17) is 16.3 Å². The van der Waals surface area contributed by atoms with Gasteiger partial charge in [-0.15, -0.1) is 5.10 Å². The van der Waals surface area contributed by atoms with Crippen LogP contribution in [0.4, 0.5) is 0 Å². The molecule has 0 radical (unpaired) electrons. The van der Waals surface area contributed by atoms with E-state index >= 15 is 0 Å². The molecule has 13 heavy (non-hydrogen) atoms. The largest absolute Gasteiger partial charge is 0.479 e. The lowest BCUT2D eigenvalue weighted by atomic mass is 10.1. The zero-order valence-corrected chi connectivity index (χ0v) is 11.0. The molecule has 1 heterocycles. The molecule has 0 aliphatic carbocycles. The maximum atomic E-state index is 6.00. The summed E-state index contributed by atoms with van der Waals surface area (Å²) in [5, 5.41) is 4.84. The van der Waals surface area contributed by atoms with E-state index in [1.165, 1.54) is 0 Å². The molecule has 0 atom stereocenters. The summed E-state index contributed by atoms with van der Waals surface area (Å²) in [7, 11) is 1.57. The summed E-state index contributed by atoms with van der Waals surface area (Å²) in [5.41, 5.74) is -0.0725. The lowest BCUT2D eigenvalue weighted by Gasteiger charge is -2.19. The first-order chi connectivity index (χ1) is 5.88. The maximum absolute atomic E-state index is 6.00. The van der Waals surface area contributed by atoms with Crippen molar-refractivity contribution in [3.8, 4) is 5.88 Å². The topological polar surface area (TPSA) is 27.1 Å². The van der Waals surface area contributed by atoms with Crippen LogP contribution in [0.2, 0.25) is 5.02 Å². The fourth-order valence-electron chi connectivity index (χ4n) is 0.935. The number of methoxy groups -OCH3 is 1. The fraction of sp³-hybridized carbons (Fsp3) is 0.625. The van der Waals surface area contributed by atoms with Crippen molar-refractivity contribution >= 4 is 34.2 Å². The third kappa shape index (κ3) is 2.10. The second-order valence-corrected chi connectivity index (χ2v) is 5.10. The molecule has 5 heteroatoms. The molecule has 0 amide bonds. The van der Waals surface area contributed by atoms with Crippen LogP contribution in [-0.2, 0) is 5.54 Å². The van der Waals surface area contributed by atoms with Gasteiger partial charge < -0.3 is 4.74 Å². The summed E-state index contributed by atoms with van der Waals surface area (Å²) < 4.78 is 7.79. The van der Waals surface area contributed by atoms with Gasteiger partial charge in [0.1, 0.15) is 8.72 Å². The monoisotopic (exact) mass is 314 g/mol. The molecular formula is C8H12ClIN2O. The van der Waals surface area contributed by atoms with Gasteiger partial charge in [0, 0.05) is 0 Å². The van der Waals surface area contributed by atoms with Crippen LogP contribution >= 0.6 is 34.2 Å². The van der Waals surface area contributed by atoms with E-state index in [-0.39, 0.29) is 5.54 Å². The molecule has 0 fully saturated rings. The first-order valence-electron chi connectivity index (χ1n) is 3.86. The van der Waals surface area contributed by atoms with E-state index in [0.29, 0.717) is 10.9 Å². The Morgan fingerprint density at radius 3 is 2.23 bits per heavy atom. The van der Waals surface area contributed by atoms with E-state index in [1.54, 1.807) is 7.11 Å². The molecule has 0 aliphatic heterocycles. The Bertz CT molecular complexity index is 317. The first-order valence-corrected chi connectivity index (χ1v) is 5.32. The molecule has 0 N–H and O–H groups in total. The summed E-state index contributed by atoms with van der Waals surface area (Å²) in [4.78, 5) is 0. The average Bonchev–Trinajstić information content (AvgIpc) is 2.28. The van der Waals surface area contributed by atoms with Crippen molar-refractivity contribution in [3.05, 3.63) is 8.72 Å². The predicted octanol–water partition coefficient (Wildman–Crippen LogP) is 2.90. The molecule has 1 aromatic heterocycles. The standard InChI is InChI=1S/C8H12ClIN2O/c1-8(2,3)12-6(10)5(9)7(11-12)13-4/h1-4H3. The van der Waals surface area contributed by atoms with Crippen molar-refractivity contribution in [2.24, 2.45) is 0 Å². The summed E-state index contributed by atoms with van der Waals surface area (Å²) in [6.45, 7) is 6.20. The van der Waals surface area contributed by atoms with Crippen LogP contribution in [0.3, 0.4) is 0 Å². The van der Waals surface area contributed by atoms with Gasteiger partial charge >= 0.3 is 0 Å². The molecule has 0 aliphatic rings. The molecule has 0 aromatic carbocycles. The Balaban J connectivity index is 3.25. The minimum Gasteiger partial charge on any atom is -0.479 e. The van der Waals surface area contributed by atoms with E-state index in [9.17, 15) is 0 Å². The highest BCUT2D eigenvalue weighted by atomic mass is 127. The molecule has 0 saturated heterocycles. The zero-order chi connectivity index (χ0) is 10.2. The van der Waals surface area contributed by atoms with Crippen LogP contribution in [0, 0.1) is 3.70 Å². The second-order valence-electron chi connectivity index (χ2n) is 3.70. The number of ether oxygens (including phenoxy) is 1. The first kappa shape index (κ1) is 11.1. The van der Waals surface area contributed by atoms with Crippen molar-refractivity contribution in [3.63, 3.8) is 0 Å². The van der Waals surface area contributed by atoms with Gasteiger partial charge in [-0.1, -0.05) is 11.6 Å². The molecule has 1 rings (SSSR count). The Morgan fingerprint density at radius 2 is 2.00 bits per heavy atom. The predicted molar refractivity (Wildman–Crippen MR) is 61.5 cm³/mol. The molecular weight excluding hydrogens is 302 g/mol. The van der Waals surface area contributed by atoms with E-state index in [2.05, 4.69) is 48.5 Å². The van der Waals surface area contributed by atoms with Gasteiger partial charge in [-0.2, -0.15) is 0 Å². The average molecular weight is 315 g/mol. The molecule has 0 unspecified atom stereocenters. The fourth-order valence-corrected chi connectivity index (χ4v) is 2.19. The third-order valence-electron chi connectivity index (χ3n) is 1.57. The normalized spacial score (nSPS) is 11.8. The van der Waals surface area contributed by atoms with Crippen LogP contribution in [0.5, 0.6) is 5.88 Å². The van der Waals surface area contributed by atoms with Crippen LogP contribution in [-0.4, -0.2) is 16.9 Å². The number of halogens is 2. The van der Waals surface area contributed by atoms with Gasteiger partial charge in [0.2, 0.25) is 0 Å². The lowest BCUT2D eigenvalue weighted by Crippen LogP contribution is -2.24. The lowest BCUT2D eigenvalue weighted by molar-refractivity contribution is 0.324. The van der Waals surface area contributed by atoms with Gasteiger partial charge in [0.05, 0.1) is 12.6 Å². The van der Waals surface area contributed by atoms with Crippen LogP contribution in [0.25, 0.3) is 0 Å². The Morgan fingerprint density at radius 1 is 1.46 bits per heavy atom. The van der Waals surface area contributed by atoms with Crippen molar-refractivity contribution < 1.29 is 4.74 Å². The summed E-state index contributed by atoms with van der Waals surface area (Å²) in [6.07, 6.45) is 0. The smallest absolute Gasteiger partial charge is 0.252 e. The number of hydrogen-bond acceptors (Lipinski definition) is 2. The molecule has 3 nitrogen and oxygen atoms in total. The molecule has 1 aromatic rings. The summed E-state index contributed by atoms with van der Waals surface area (Å²) in [5.74, 6) is 0.487. The summed E-state index contributed by atoms with van der Waals surface area (Å²) >= 11 is 8.17. The van der Waals surface area contributed by atoms with Crippen molar-refractivity contribution in [2.45, 2.75) is 26.3 Å². The number of nitrogens with zero attached hydrogens (tertiary/aromatic N) is 2. The quantitative estimate of drug-likeness (QED) is 0.745. The van der Waals surface area contributed by atoms with E-state index in [1.807, 2.05) is 4.68 Å². The van der Waals surface area contributed by atoms with Crippen LogP contribution < -0.4 is 4.74 Å². The minimum absolute atomic E-state index is 0.0725. The molecule has 74 valence electrons. The summed E-state index contributed by atoms with van der Waals surface area (Å²) in [6, 6.07) is 0. The van der Waals surface area contributed by atoms with E-state index in [0.717, 1.165) is 3.70 Å². The highest BCUT2D eigenvalue weighted by molar-refractivity contribution is 14.1. The van der Waals surface area contributed by atoms with E-state index < -0.39 is 0 Å². The van der Waals surface area contributed by atoms with Gasteiger partial charge in [-0.05, 0) is 43.4 Å². The number of aromatic nitrogens is 2. The number of hydrogen-bond donors (Lipinski definition) is 0. The Hall–Kier alpha value is 0.0300. The van der Waals surface area contributed by atoms with Gasteiger partial charge in [0.25, 0.3) is 5.88 Å². The zero-order valence-electron chi connectivity index (χ0n) is 8.06. The van der Waals surface area contributed by atoms with Gasteiger partial charge in [-0.3, -0.25) is 0 Å². The molecule has 0 saturated carbocycles. The van der Waals surface area contributed by atoms with Crippen LogP contribution in [0.15, 0.2) is 0 Å². The highest BCUT2D eigenvalue weighted by Gasteiger charge is 2.22. The van der Waals surface area contributed by atoms with Crippen LogP contribution in [0.1, 0.15) is 20.8 Å². The number of rotatable bonds is 1. The molecule has 0 bridgehead atoms. The second kappa shape index (κ2) is 3.65. The maximum Gasteiger partial charge on any atom is 0.252 e. The third-order valence-corrected chi connectivity index (χ3v) is 3.23. The Labute approximate surface area is 96.5 Å². The minimum atomic E-state index is -0.0725. The van der Waals surface area contributed by atoms with Crippen molar-refractivity contribution in [2.75, 3.05) is 7.11 Å². The Kier molecular flexibility index (Phi) is 3.12. The van der Waals surface area contributed by atoms with Gasteiger partial charge in [-0.25, -0.2) is 4.68 Å². The SMILES string of the molecule is COc1nn(C(C)(C)C)c(I)c1Cl. The molecule has 0 spiro atoms. The van der Waals surface area contributed by atoms with Gasteiger partial charge in [0.15, 0.2) is 0 Å². The van der Waals surface area contributed by atoms with Crippen molar-refractivity contribution in [1.29, 1.82) is 0 Å².